The van der Waals surface area contributed by atoms with Crippen LogP contribution in [0.3, 0.4) is 0 Å². The summed E-state index contributed by atoms with van der Waals surface area (Å²) < 4.78 is 5.17. The molecule has 0 saturated heterocycles. The van der Waals surface area contributed by atoms with Crippen molar-refractivity contribution in [2.75, 3.05) is 18.9 Å². The Morgan fingerprint density at radius 3 is 2.78 bits per heavy atom. The van der Waals surface area contributed by atoms with Crippen molar-refractivity contribution < 1.29 is 19.4 Å². The van der Waals surface area contributed by atoms with Crippen molar-refractivity contribution >= 4 is 17.6 Å². The number of carbonyl (C=O) groups is 2. The SMILES string of the molecule is CCCNC(=O)COc1c(N)cccc1C(=O)O. The molecule has 1 aromatic carbocycles. The smallest absolute Gasteiger partial charge is 0.339 e. The van der Waals surface area contributed by atoms with Gasteiger partial charge in [-0.25, -0.2) is 4.79 Å². The molecule has 0 aliphatic carbocycles. The highest BCUT2D eigenvalue weighted by Crippen LogP contribution is 2.26. The van der Waals surface area contributed by atoms with Crippen molar-refractivity contribution in [3.63, 3.8) is 0 Å². The maximum Gasteiger partial charge on any atom is 0.339 e. The molecule has 1 aromatic rings. The van der Waals surface area contributed by atoms with Gasteiger partial charge in [-0.3, -0.25) is 4.79 Å². The number of benzene rings is 1. The number of aromatic carboxylic acids is 1. The summed E-state index contributed by atoms with van der Waals surface area (Å²) in [7, 11) is 0. The molecular formula is C12H16N2O4. The molecule has 0 fully saturated rings. The Kier molecular flexibility index (Phi) is 4.98. The van der Waals surface area contributed by atoms with Crippen LogP contribution in [0, 0.1) is 0 Å². The zero-order chi connectivity index (χ0) is 13.5. The van der Waals surface area contributed by atoms with Gasteiger partial charge in [0.2, 0.25) is 0 Å². The Hall–Kier alpha value is -2.24. The molecule has 0 aromatic heterocycles. The Labute approximate surface area is 105 Å². The fraction of sp³-hybridized carbons (Fsp3) is 0.333. The van der Waals surface area contributed by atoms with E-state index in [1.807, 2.05) is 6.92 Å². The number of nitrogen functional groups attached to an aromatic ring is 1. The number of amides is 1. The number of anilines is 1. The maximum atomic E-state index is 11.3. The summed E-state index contributed by atoms with van der Waals surface area (Å²) in [5.74, 6) is -1.43. The van der Waals surface area contributed by atoms with Gasteiger partial charge in [0.25, 0.3) is 5.91 Å². The minimum atomic E-state index is -1.15. The molecule has 0 aliphatic rings. The summed E-state index contributed by atoms with van der Waals surface area (Å²) >= 11 is 0. The second kappa shape index (κ2) is 6.48. The maximum absolute atomic E-state index is 11.3. The monoisotopic (exact) mass is 252 g/mol. The Morgan fingerprint density at radius 2 is 2.17 bits per heavy atom. The third kappa shape index (κ3) is 3.65. The molecule has 4 N–H and O–H groups in total. The molecule has 0 aliphatic heterocycles. The highest BCUT2D eigenvalue weighted by Gasteiger charge is 2.15. The zero-order valence-electron chi connectivity index (χ0n) is 10.1. The van der Waals surface area contributed by atoms with Gasteiger partial charge >= 0.3 is 5.97 Å². The molecule has 0 saturated carbocycles. The van der Waals surface area contributed by atoms with Crippen LogP contribution in [0.2, 0.25) is 0 Å². The average molecular weight is 252 g/mol. The first-order valence-electron chi connectivity index (χ1n) is 5.57. The average Bonchev–Trinajstić information content (AvgIpc) is 2.34. The first kappa shape index (κ1) is 13.8. The van der Waals surface area contributed by atoms with E-state index in [2.05, 4.69) is 5.32 Å². The van der Waals surface area contributed by atoms with E-state index in [-0.39, 0.29) is 29.5 Å². The third-order valence-electron chi connectivity index (χ3n) is 2.20. The van der Waals surface area contributed by atoms with Crippen LogP contribution in [0.1, 0.15) is 23.7 Å². The van der Waals surface area contributed by atoms with E-state index in [4.69, 9.17) is 15.6 Å². The van der Waals surface area contributed by atoms with Crippen LogP contribution in [0.4, 0.5) is 5.69 Å². The van der Waals surface area contributed by atoms with Gasteiger partial charge in [-0.05, 0) is 18.6 Å². The number of carboxylic acid groups (broad SMARTS) is 1. The zero-order valence-corrected chi connectivity index (χ0v) is 10.1. The van der Waals surface area contributed by atoms with E-state index in [0.29, 0.717) is 6.54 Å². The minimum Gasteiger partial charge on any atom is -0.481 e. The lowest BCUT2D eigenvalue weighted by Crippen LogP contribution is -2.29. The summed E-state index contributed by atoms with van der Waals surface area (Å²) in [5.41, 5.74) is 5.76. The number of nitrogens with two attached hydrogens (primary N) is 1. The van der Waals surface area contributed by atoms with E-state index in [0.717, 1.165) is 6.42 Å². The molecule has 1 amide bonds. The molecular weight excluding hydrogens is 236 g/mol. The molecule has 6 heteroatoms. The van der Waals surface area contributed by atoms with Gasteiger partial charge in [0.1, 0.15) is 5.56 Å². The number of rotatable bonds is 6. The van der Waals surface area contributed by atoms with Gasteiger partial charge in [-0.15, -0.1) is 0 Å². The van der Waals surface area contributed by atoms with E-state index < -0.39 is 5.97 Å². The van der Waals surface area contributed by atoms with Crippen LogP contribution in [0.25, 0.3) is 0 Å². The number of para-hydroxylation sites is 1. The van der Waals surface area contributed by atoms with E-state index in [1.54, 1.807) is 0 Å². The number of hydrogen-bond acceptors (Lipinski definition) is 4. The molecule has 1 rings (SSSR count). The quantitative estimate of drug-likeness (QED) is 0.652. The van der Waals surface area contributed by atoms with Crippen LogP contribution < -0.4 is 15.8 Å². The molecule has 0 heterocycles. The normalized spacial score (nSPS) is 9.83. The minimum absolute atomic E-state index is 0.0247. The fourth-order valence-corrected chi connectivity index (χ4v) is 1.34. The van der Waals surface area contributed by atoms with Gasteiger partial charge in [0.15, 0.2) is 12.4 Å². The standard InChI is InChI=1S/C12H16N2O4/c1-2-6-14-10(15)7-18-11-8(12(16)17)4-3-5-9(11)13/h3-5H,2,6-7,13H2,1H3,(H,14,15)(H,16,17). The van der Waals surface area contributed by atoms with Gasteiger partial charge in [0.05, 0.1) is 5.69 Å². The lowest BCUT2D eigenvalue weighted by atomic mass is 10.2. The summed E-state index contributed by atoms with van der Waals surface area (Å²) in [4.78, 5) is 22.3. The predicted molar refractivity (Wildman–Crippen MR) is 66.6 cm³/mol. The van der Waals surface area contributed by atoms with Gasteiger partial charge < -0.3 is 20.9 Å². The predicted octanol–water partition coefficient (Wildman–Crippen LogP) is 0.872. The summed E-state index contributed by atoms with van der Waals surface area (Å²) in [5, 5.41) is 11.6. The number of carbonyl (C=O) groups excluding carboxylic acids is 1. The van der Waals surface area contributed by atoms with E-state index in [1.165, 1.54) is 18.2 Å². The molecule has 0 unspecified atom stereocenters. The summed E-state index contributed by atoms with van der Waals surface area (Å²) in [6.07, 6.45) is 0.819. The van der Waals surface area contributed by atoms with Crippen LogP contribution in [0.5, 0.6) is 5.75 Å². The largest absolute Gasteiger partial charge is 0.481 e. The van der Waals surface area contributed by atoms with E-state index in [9.17, 15) is 9.59 Å². The number of ether oxygens (including phenoxy) is 1. The van der Waals surface area contributed by atoms with Crippen LogP contribution in [-0.2, 0) is 4.79 Å². The Bertz CT molecular complexity index is 446. The van der Waals surface area contributed by atoms with Crippen molar-refractivity contribution in [2.45, 2.75) is 13.3 Å². The van der Waals surface area contributed by atoms with Crippen molar-refractivity contribution in [1.29, 1.82) is 0 Å². The first-order valence-corrected chi connectivity index (χ1v) is 5.57. The highest BCUT2D eigenvalue weighted by atomic mass is 16.5. The Balaban J connectivity index is 2.72. The number of nitrogens with one attached hydrogen (secondary N) is 1. The molecule has 18 heavy (non-hydrogen) atoms. The fourth-order valence-electron chi connectivity index (χ4n) is 1.34. The third-order valence-corrected chi connectivity index (χ3v) is 2.20. The molecule has 0 radical (unpaired) electrons. The topological polar surface area (TPSA) is 102 Å². The highest BCUT2D eigenvalue weighted by molar-refractivity contribution is 5.93. The first-order chi connectivity index (χ1) is 8.56. The number of hydrogen-bond donors (Lipinski definition) is 3. The van der Waals surface area contributed by atoms with Crippen molar-refractivity contribution in [3.8, 4) is 5.75 Å². The molecule has 6 nitrogen and oxygen atoms in total. The summed E-state index contributed by atoms with van der Waals surface area (Å²) in [6, 6.07) is 4.41. The van der Waals surface area contributed by atoms with Crippen molar-refractivity contribution in [2.24, 2.45) is 0 Å². The second-order valence-corrected chi connectivity index (χ2v) is 3.67. The van der Waals surface area contributed by atoms with E-state index >= 15 is 0 Å². The molecule has 98 valence electrons. The van der Waals surface area contributed by atoms with Crippen LogP contribution in [0.15, 0.2) is 18.2 Å². The van der Waals surface area contributed by atoms with Crippen LogP contribution >= 0.6 is 0 Å². The van der Waals surface area contributed by atoms with Crippen LogP contribution in [-0.4, -0.2) is 30.1 Å². The van der Waals surface area contributed by atoms with Gasteiger partial charge in [-0.1, -0.05) is 13.0 Å². The van der Waals surface area contributed by atoms with Gasteiger partial charge in [-0.2, -0.15) is 0 Å². The summed E-state index contributed by atoms with van der Waals surface area (Å²) in [6.45, 7) is 2.23. The lowest BCUT2D eigenvalue weighted by Gasteiger charge is -2.11. The molecule has 0 atom stereocenters. The van der Waals surface area contributed by atoms with Crippen molar-refractivity contribution in [1.82, 2.24) is 5.32 Å². The Morgan fingerprint density at radius 1 is 1.44 bits per heavy atom. The van der Waals surface area contributed by atoms with Crippen molar-refractivity contribution in [3.05, 3.63) is 23.8 Å². The molecule has 0 spiro atoms. The number of carboxylic acids is 1. The van der Waals surface area contributed by atoms with Gasteiger partial charge in [0, 0.05) is 6.54 Å². The second-order valence-electron chi connectivity index (χ2n) is 3.67. The molecule has 0 bridgehead atoms. The lowest BCUT2D eigenvalue weighted by molar-refractivity contribution is -0.123.